The number of nitrogens with one attached hydrogen (secondary N) is 2. The molecule has 0 unspecified atom stereocenters. The smallest absolute Gasteiger partial charge is 0.147 e. The summed E-state index contributed by atoms with van der Waals surface area (Å²) in [6.07, 6.45) is 3.33. The molecule has 0 aliphatic heterocycles. The van der Waals surface area contributed by atoms with Gasteiger partial charge in [0.05, 0.1) is 5.52 Å². The molecule has 0 aliphatic carbocycles. The Hall–Kier alpha value is -3.40. The summed E-state index contributed by atoms with van der Waals surface area (Å²) in [5, 5.41) is 4.29. The standard InChI is InChI=1S/C26H24F2N2/c1-17-12-24-22(16-30-26(24)25(28)13-17)10-11-29-18(2)21-8-6-19(7-9-21)14-20-4-3-5-23(27)15-20/h3-9,12-13,15-16,29-30H,2,10-11,14H2,1H3. The topological polar surface area (TPSA) is 27.8 Å². The molecule has 0 fully saturated rings. The van der Waals surface area contributed by atoms with Crippen LogP contribution in [-0.4, -0.2) is 11.5 Å². The number of halogens is 2. The van der Waals surface area contributed by atoms with E-state index >= 15 is 0 Å². The summed E-state index contributed by atoms with van der Waals surface area (Å²) in [7, 11) is 0. The van der Waals surface area contributed by atoms with Gasteiger partial charge in [-0.3, -0.25) is 0 Å². The van der Waals surface area contributed by atoms with Crippen molar-refractivity contribution in [3.8, 4) is 0 Å². The largest absolute Gasteiger partial charge is 0.385 e. The molecular weight excluding hydrogens is 378 g/mol. The zero-order valence-corrected chi connectivity index (χ0v) is 16.9. The summed E-state index contributed by atoms with van der Waals surface area (Å²) in [5.41, 5.74) is 6.48. The third-order valence-electron chi connectivity index (χ3n) is 5.30. The van der Waals surface area contributed by atoms with Gasteiger partial charge in [0, 0.05) is 23.8 Å². The first-order valence-electron chi connectivity index (χ1n) is 10.0. The number of aromatic amines is 1. The molecule has 1 heterocycles. The third-order valence-corrected chi connectivity index (χ3v) is 5.30. The van der Waals surface area contributed by atoms with Crippen molar-refractivity contribution < 1.29 is 8.78 Å². The number of rotatable bonds is 7. The first-order chi connectivity index (χ1) is 14.5. The van der Waals surface area contributed by atoms with Crippen molar-refractivity contribution in [1.82, 2.24) is 10.3 Å². The molecule has 0 atom stereocenters. The van der Waals surface area contributed by atoms with E-state index in [-0.39, 0.29) is 11.6 Å². The number of benzene rings is 3. The Labute approximate surface area is 175 Å². The van der Waals surface area contributed by atoms with Crippen molar-refractivity contribution >= 4 is 16.6 Å². The van der Waals surface area contributed by atoms with Gasteiger partial charge in [-0.05, 0) is 71.8 Å². The van der Waals surface area contributed by atoms with Crippen LogP contribution in [0.5, 0.6) is 0 Å². The van der Waals surface area contributed by atoms with Crippen LogP contribution in [0.3, 0.4) is 0 Å². The normalized spacial score (nSPS) is 11.0. The second-order valence-electron chi connectivity index (χ2n) is 7.64. The van der Waals surface area contributed by atoms with Gasteiger partial charge in [0.1, 0.15) is 11.6 Å². The molecule has 0 saturated heterocycles. The van der Waals surface area contributed by atoms with E-state index in [0.717, 1.165) is 45.3 Å². The van der Waals surface area contributed by atoms with Crippen molar-refractivity contribution in [3.63, 3.8) is 0 Å². The minimum Gasteiger partial charge on any atom is -0.385 e. The summed E-state index contributed by atoms with van der Waals surface area (Å²) in [6.45, 7) is 6.73. The molecule has 0 saturated carbocycles. The Morgan fingerprint density at radius 1 is 1.00 bits per heavy atom. The lowest BCUT2D eigenvalue weighted by Crippen LogP contribution is -2.15. The van der Waals surface area contributed by atoms with Gasteiger partial charge in [-0.2, -0.15) is 0 Å². The summed E-state index contributed by atoms with van der Waals surface area (Å²) in [5.74, 6) is -0.429. The number of hydrogen-bond acceptors (Lipinski definition) is 1. The highest BCUT2D eigenvalue weighted by Gasteiger charge is 2.09. The van der Waals surface area contributed by atoms with E-state index in [9.17, 15) is 8.78 Å². The van der Waals surface area contributed by atoms with E-state index in [1.54, 1.807) is 18.2 Å². The van der Waals surface area contributed by atoms with Crippen LogP contribution in [0.1, 0.15) is 27.8 Å². The SMILES string of the molecule is C=C(NCCc1c[nH]c2c(F)cc(C)cc12)c1ccc(Cc2cccc(F)c2)cc1. The Morgan fingerprint density at radius 3 is 2.57 bits per heavy atom. The molecule has 1 aromatic heterocycles. The second kappa shape index (κ2) is 8.54. The molecule has 3 aromatic carbocycles. The molecule has 2 N–H and O–H groups in total. The van der Waals surface area contributed by atoms with Crippen LogP contribution in [0.2, 0.25) is 0 Å². The number of fused-ring (bicyclic) bond motifs is 1. The summed E-state index contributed by atoms with van der Waals surface area (Å²) >= 11 is 0. The van der Waals surface area contributed by atoms with Crippen LogP contribution >= 0.6 is 0 Å². The van der Waals surface area contributed by atoms with E-state index in [0.29, 0.717) is 18.5 Å². The molecule has 4 aromatic rings. The van der Waals surface area contributed by atoms with E-state index < -0.39 is 0 Å². The Bertz CT molecular complexity index is 1190. The molecule has 2 nitrogen and oxygen atoms in total. The van der Waals surface area contributed by atoms with Crippen LogP contribution in [0.4, 0.5) is 8.78 Å². The molecular formula is C26H24F2N2. The molecule has 30 heavy (non-hydrogen) atoms. The van der Waals surface area contributed by atoms with Gasteiger partial charge in [0.15, 0.2) is 0 Å². The number of hydrogen-bond donors (Lipinski definition) is 2. The molecule has 0 spiro atoms. The maximum absolute atomic E-state index is 14.0. The van der Waals surface area contributed by atoms with Crippen molar-refractivity contribution in [3.05, 3.63) is 113 Å². The highest BCUT2D eigenvalue weighted by Crippen LogP contribution is 2.23. The summed E-state index contributed by atoms with van der Waals surface area (Å²) in [6, 6.07) is 18.4. The van der Waals surface area contributed by atoms with Gasteiger partial charge >= 0.3 is 0 Å². The van der Waals surface area contributed by atoms with Crippen molar-refractivity contribution in [1.29, 1.82) is 0 Å². The lowest BCUT2D eigenvalue weighted by Gasteiger charge is -2.11. The molecule has 4 heteroatoms. The van der Waals surface area contributed by atoms with Crippen LogP contribution < -0.4 is 5.32 Å². The fourth-order valence-electron chi connectivity index (χ4n) is 3.74. The number of aromatic nitrogens is 1. The second-order valence-corrected chi connectivity index (χ2v) is 7.64. The van der Waals surface area contributed by atoms with Gasteiger partial charge in [-0.15, -0.1) is 0 Å². The van der Waals surface area contributed by atoms with E-state index in [2.05, 4.69) is 16.9 Å². The molecule has 4 rings (SSSR count). The highest BCUT2D eigenvalue weighted by molar-refractivity contribution is 5.84. The fraction of sp³-hybridized carbons (Fsp3) is 0.154. The zero-order valence-electron chi connectivity index (χ0n) is 16.9. The lowest BCUT2D eigenvalue weighted by molar-refractivity contribution is 0.626. The average molecular weight is 402 g/mol. The van der Waals surface area contributed by atoms with Crippen molar-refractivity contribution in [2.24, 2.45) is 0 Å². The Morgan fingerprint density at radius 2 is 1.80 bits per heavy atom. The minimum absolute atomic E-state index is 0.213. The quantitative estimate of drug-likeness (QED) is 0.381. The van der Waals surface area contributed by atoms with Gasteiger partial charge in [0.25, 0.3) is 0 Å². The first kappa shape index (κ1) is 19.9. The third kappa shape index (κ3) is 4.43. The lowest BCUT2D eigenvalue weighted by atomic mass is 10.0. The molecule has 0 radical (unpaired) electrons. The Balaban J connectivity index is 1.35. The van der Waals surface area contributed by atoms with E-state index in [1.165, 1.54) is 6.07 Å². The predicted molar refractivity (Wildman–Crippen MR) is 119 cm³/mol. The minimum atomic E-state index is -0.216. The van der Waals surface area contributed by atoms with Crippen LogP contribution in [0.25, 0.3) is 16.6 Å². The fourth-order valence-corrected chi connectivity index (χ4v) is 3.74. The van der Waals surface area contributed by atoms with Crippen LogP contribution in [-0.2, 0) is 12.8 Å². The van der Waals surface area contributed by atoms with Crippen molar-refractivity contribution in [2.75, 3.05) is 6.54 Å². The maximum Gasteiger partial charge on any atom is 0.147 e. The van der Waals surface area contributed by atoms with Gasteiger partial charge in [0.2, 0.25) is 0 Å². The maximum atomic E-state index is 14.0. The molecule has 0 bridgehead atoms. The number of H-pyrrole nitrogens is 1. The average Bonchev–Trinajstić information content (AvgIpc) is 3.11. The molecule has 0 aliphatic rings. The van der Waals surface area contributed by atoms with Crippen LogP contribution in [0, 0.1) is 18.6 Å². The predicted octanol–water partition coefficient (Wildman–Crippen LogP) is 6.15. The molecule has 152 valence electrons. The summed E-state index contributed by atoms with van der Waals surface area (Å²) in [4.78, 5) is 3.03. The van der Waals surface area contributed by atoms with E-state index in [1.807, 2.05) is 49.5 Å². The van der Waals surface area contributed by atoms with Gasteiger partial charge < -0.3 is 10.3 Å². The van der Waals surface area contributed by atoms with Crippen LogP contribution in [0.15, 0.2) is 73.4 Å². The van der Waals surface area contributed by atoms with Gasteiger partial charge in [-0.25, -0.2) is 8.78 Å². The van der Waals surface area contributed by atoms with E-state index in [4.69, 9.17) is 0 Å². The summed E-state index contributed by atoms with van der Waals surface area (Å²) < 4.78 is 27.4. The zero-order chi connectivity index (χ0) is 21.1. The number of aryl methyl sites for hydroxylation is 1. The van der Waals surface area contributed by atoms with Gasteiger partial charge in [-0.1, -0.05) is 43.0 Å². The van der Waals surface area contributed by atoms with Crippen molar-refractivity contribution in [2.45, 2.75) is 19.8 Å². The Kier molecular flexibility index (Phi) is 5.66. The first-order valence-corrected chi connectivity index (χ1v) is 10.0. The monoisotopic (exact) mass is 402 g/mol. The molecule has 0 amide bonds. The highest BCUT2D eigenvalue weighted by atomic mass is 19.1.